The normalized spacial score (nSPS) is 11.8. The Hall–Kier alpha value is -2.29. The van der Waals surface area contributed by atoms with Crippen molar-refractivity contribution in [2.45, 2.75) is 91.1 Å². The Kier molecular flexibility index (Phi) is 11.8. The highest BCUT2D eigenvalue weighted by molar-refractivity contribution is 5.69. The summed E-state index contributed by atoms with van der Waals surface area (Å²) in [5.41, 5.74) is 3.32. The molecule has 0 saturated heterocycles. The molecule has 0 fully saturated rings. The van der Waals surface area contributed by atoms with E-state index in [0.29, 0.717) is 6.42 Å². The maximum absolute atomic E-state index is 12.1. The van der Waals surface area contributed by atoms with Crippen molar-refractivity contribution in [3.8, 4) is 16.9 Å². The Morgan fingerprint density at radius 2 is 1.29 bits per heavy atom. The summed E-state index contributed by atoms with van der Waals surface area (Å²) in [7, 11) is 0. The van der Waals surface area contributed by atoms with Crippen molar-refractivity contribution in [3.63, 3.8) is 0 Å². The number of benzene rings is 2. The van der Waals surface area contributed by atoms with E-state index in [0.717, 1.165) is 48.3 Å². The van der Waals surface area contributed by atoms with Gasteiger partial charge in [-0.25, -0.2) is 0 Å². The molecule has 3 nitrogen and oxygen atoms in total. The lowest BCUT2D eigenvalue weighted by Crippen LogP contribution is -2.08. The Labute approximate surface area is 189 Å². The molecular formula is C28H40O3. The van der Waals surface area contributed by atoms with Gasteiger partial charge in [0.25, 0.3) is 0 Å². The number of rotatable bonds is 15. The van der Waals surface area contributed by atoms with Crippen molar-refractivity contribution < 1.29 is 14.3 Å². The average molecular weight is 425 g/mol. The molecule has 0 aliphatic heterocycles. The first-order valence-electron chi connectivity index (χ1n) is 12.2. The molecular weight excluding hydrogens is 384 g/mol. The van der Waals surface area contributed by atoms with E-state index >= 15 is 0 Å². The first-order chi connectivity index (χ1) is 15.1. The molecule has 3 heteroatoms. The highest BCUT2D eigenvalue weighted by atomic mass is 16.5. The number of carbonyl (C=O) groups excluding carboxylic acids is 1. The molecule has 170 valence electrons. The molecule has 0 saturated carbocycles. The molecule has 2 rings (SSSR count). The zero-order valence-corrected chi connectivity index (χ0v) is 19.7. The summed E-state index contributed by atoms with van der Waals surface area (Å²) in [6, 6.07) is 16.5. The largest absolute Gasteiger partial charge is 0.494 e. The number of ether oxygens (including phenoxy) is 2. The molecule has 0 aromatic heterocycles. The molecule has 0 aliphatic carbocycles. The Bertz CT molecular complexity index is 734. The van der Waals surface area contributed by atoms with Crippen molar-refractivity contribution in [2.75, 3.05) is 6.61 Å². The Morgan fingerprint density at radius 1 is 0.742 bits per heavy atom. The summed E-state index contributed by atoms with van der Waals surface area (Å²) >= 11 is 0. The summed E-state index contributed by atoms with van der Waals surface area (Å²) in [5.74, 6) is 0.823. The van der Waals surface area contributed by atoms with Crippen LogP contribution in [0.4, 0.5) is 0 Å². The molecule has 0 amide bonds. The molecule has 1 unspecified atom stereocenters. The molecule has 0 spiro atoms. The summed E-state index contributed by atoms with van der Waals surface area (Å²) in [6.07, 6.45) is 10.8. The van der Waals surface area contributed by atoms with Gasteiger partial charge < -0.3 is 9.47 Å². The third kappa shape index (κ3) is 9.59. The van der Waals surface area contributed by atoms with E-state index in [1.165, 1.54) is 38.5 Å². The van der Waals surface area contributed by atoms with Crippen molar-refractivity contribution in [3.05, 3.63) is 54.1 Å². The lowest BCUT2D eigenvalue weighted by molar-refractivity contribution is -0.148. The van der Waals surface area contributed by atoms with Crippen LogP contribution in [0, 0.1) is 0 Å². The third-order valence-electron chi connectivity index (χ3n) is 5.63. The smallest absolute Gasteiger partial charge is 0.306 e. The second kappa shape index (κ2) is 14.7. The predicted molar refractivity (Wildman–Crippen MR) is 129 cm³/mol. The van der Waals surface area contributed by atoms with Crippen molar-refractivity contribution in [1.82, 2.24) is 0 Å². The molecule has 2 aromatic rings. The summed E-state index contributed by atoms with van der Waals surface area (Å²) in [5, 5.41) is 0. The van der Waals surface area contributed by atoms with E-state index in [1.54, 1.807) is 0 Å². The van der Waals surface area contributed by atoms with Gasteiger partial charge >= 0.3 is 5.97 Å². The van der Waals surface area contributed by atoms with Crippen LogP contribution in [0.15, 0.2) is 48.5 Å². The van der Waals surface area contributed by atoms with E-state index in [1.807, 2.05) is 31.2 Å². The minimum absolute atomic E-state index is 0.0957. The number of carbonyl (C=O) groups is 1. The quantitative estimate of drug-likeness (QED) is 0.213. The number of unbranched alkanes of at least 4 members (excludes halogenated alkanes) is 7. The third-order valence-corrected chi connectivity index (χ3v) is 5.63. The van der Waals surface area contributed by atoms with Crippen LogP contribution in [0.25, 0.3) is 11.1 Å². The lowest BCUT2D eigenvalue weighted by Gasteiger charge is -2.14. The van der Waals surface area contributed by atoms with Crippen LogP contribution in [0.1, 0.15) is 96.6 Å². The van der Waals surface area contributed by atoms with Crippen LogP contribution in [0.2, 0.25) is 0 Å². The van der Waals surface area contributed by atoms with Crippen LogP contribution >= 0.6 is 0 Å². The maximum Gasteiger partial charge on any atom is 0.306 e. The van der Waals surface area contributed by atoms with Crippen LogP contribution in [0.5, 0.6) is 5.75 Å². The van der Waals surface area contributed by atoms with Gasteiger partial charge in [0, 0.05) is 6.42 Å². The number of esters is 1. The van der Waals surface area contributed by atoms with E-state index in [-0.39, 0.29) is 12.1 Å². The van der Waals surface area contributed by atoms with Gasteiger partial charge in [-0.15, -0.1) is 0 Å². The van der Waals surface area contributed by atoms with Crippen molar-refractivity contribution >= 4 is 5.97 Å². The van der Waals surface area contributed by atoms with Crippen LogP contribution < -0.4 is 4.74 Å². The summed E-state index contributed by atoms with van der Waals surface area (Å²) < 4.78 is 11.4. The van der Waals surface area contributed by atoms with Crippen molar-refractivity contribution in [2.24, 2.45) is 0 Å². The highest BCUT2D eigenvalue weighted by Gasteiger charge is 2.12. The van der Waals surface area contributed by atoms with Crippen LogP contribution in [-0.2, 0) is 9.53 Å². The second-order valence-corrected chi connectivity index (χ2v) is 8.35. The van der Waals surface area contributed by atoms with Gasteiger partial charge in [-0.05, 0) is 48.6 Å². The Morgan fingerprint density at radius 3 is 1.94 bits per heavy atom. The van der Waals surface area contributed by atoms with Gasteiger partial charge in [-0.2, -0.15) is 0 Å². The van der Waals surface area contributed by atoms with Gasteiger partial charge in [-0.1, -0.05) is 95.2 Å². The van der Waals surface area contributed by atoms with Crippen LogP contribution in [0.3, 0.4) is 0 Å². The summed E-state index contributed by atoms with van der Waals surface area (Å²) in [6.45, 7) is 7.13. The molecule has 1 atom stereocenters. The van der Waals surface area contributed by atoms with Crippen molar-refractivity contribution in [1.29, 1.82) is 0 Å². The minimum atomic E-state index is -0.222. The van der Waals surface area contributed by atoms with E-state index in [4.69, 9.17) is 9.47 Å². The maximum atomic E-state index is 12.1. The highest BCUT2D eigenvalue weighted by Crippen LogP contribution is 2.26. The predicted octanol–water partition coefficient (Wildman–Crippen LogP) is 8.28. The summed E-state index contributed by atoms with van der Waals surface area (Å²) in [4.78, 5) is 12.1. The first kappa shape index (κ1) is 25.0. The molecule has 31 heavy (non-hydrogen) atoms. The molecule has 0 heterocycles. The van der Waals surface area contributed by atoms with Gasteiger partial charge in [0.15, 0.2) is 0 Å². The fraction of sp³-hybridized carbons (Fsp3) is 0.536. The van der Waals surface area contributed by atoms with Crippen LogP contribution in [-0.4, -0.2) is 12.6 Å². The van der Waals surface area contributed by atoms with E-state index in [9.17, 15) is 4.79 Å². The fourth-order valence-electron chi connectivity index (χ4n) is 3.61. The topological polar surface area (TPSA) is 35.5 Å². The second-order valence-electron chi connectivity index (χ2n) is 8.35. The van der Waals surface area contributed by atoms with Gasteiger partial charge in [-0.3, -0.25) is 4.79 Å². The Balaban J connectivity index is 1.78. The molecule has 0 radical (unpaired) electrons. The minimum Gasteiger partial charge on any atom is -0.494 e. The SMILES string of the molecule is CCCCCCCCC(=O)OC(C)c1ccc(-c2ccc(OCCCCC)cc2)cc1. The number of hydrogen-bond donors (Lipinski definition) is 0. The molecule has 0 N–H and O–H groups in total. The zero-order valence-electron chi connectivity index (χ0n) is 19.7. The average Bonchev–Trinajstić information content (AvgIpc) is 2.79. The van der Waals surface area contributed by atoms with E-state index < -0.39 is 0 Å². The zero-order chi connectivity index (χ0) is 22.3. The lowest BCUT2D eigenvalue weighted by atomic mass is 10.0. The fourth-order valence-corrected chi connectivity index (χ4v) is 3.61. The molecule has 0 bridgehead atoms. The van der Waals surface area contributed by atoms with E-state index in [2.05, 4.69) is 38.1 Å². The number of hydrogen-bond acceptors (Lipinski definition) is 3. The first-order valence-corrected chi connectivity index (χ1v) is 12.2. The molecule has 0 aliphatic rings. The van der Waals surface area contributed by atoms with Gasteiger partial charge in [0.1, 0.15) is 11.9 Å². The standard InChI is InChI=1S/C28H40O3/c1-4-6-8-9-10-11-13-28(29)31-23(3)24-14-16-25(17-15-24)26-18-20-27(21-19-26)30-22-12-7-5-2/h14-21,23H,4-13,22H2,1-3H3. The molecule has 2 aromatic carbocycles. The monoisotopic (exact) mass is 424 g/mol. The van der Waals surface area contributed by atoms with Gasteiger partial charge in [0.2, 0.25) is 0 Å². The van der Waals surface area contributed by atoms with Gasteiger partial charge in [0.05, 0.1) is 6.61 Å².